The van der Waals surface area contributed by atoms with Crippen LogP contribution in [0.4, 0.5) is 5.69 Å². The summed E-state index contributed by atoms with van der Waals surface area (Å²) in [6.07, 6.45) is 2.26. The topological polar surface area (TPSA) is 166 Å². The Labute approximate surface area is 205 Å². The third kappa shape index (κ3) is 4.56. The molecule has 0 saturated carbocycles. The molecule has 36 heavy (non-hydrogen) atoms. The van der Waals surface area contributed by atoms with Gasteiger partial charge in [-0.25, -0.2) is 4.79 Å². The highest BCUT2D eigenvalue weighted by Crippen LogP contribution is 2.42. The van der Waals surface area contributed by atoms with Crippen LogP contribution in [-0.2, 0) is 0 Å². The van der Waals surface area contributed by atoms with Gasteiger partial charge < -0.3 is 25.3 Å². The predicted molar refractivity (Wildman–Crippen MR) is 131 cm³/mol. The highest BCUT2D eigenvalue weighted by Gasteiger charge is 2.25. The van der Waals surface area contributed by atoms with Gasteiger partial charge in [0.05, 0.1) is 20.3 Å². The van der Waals surface area contributed by atoms with Crippen molar-refractivity contribution in [2.24, 2.45) is 5.73 Å². The molecule has 4 aromatic rings. The maximum atomic E-state index is 12.8. The van der Waals surface area contributed by atoms with E-state index in [0.29, 0.717) is 53.1 Å². The average molecular weight is 489 g/mol. The van der Waals surface area contributed by atoms with Gasteiger partial charge in [0.15, 0.2) is 23.1 Å². The van der Waals surface area contributed by atoms with Crippen molar-refractivity contribution in [3.05, 3.63) is 82.2 Å². The standard InChI is InChI=1S/C24H24N8O4/c1-34-17-12-15(13-18-21(17)36-11-3-10-35-18)20(28-16-7-5-14(6-8-16)22(25)26)23-29-24(33)32(31-23)19-4-2-9-27-30-19/h2,4-9,12-13,20,28H,3,10-11H2,1H3,(H3,25,26)(H,29,31,33). The van der Waals surface area contributed by atoms with E-state index in [4.69, 9.17) is 25.4 Å². The van der Waals surface area contributed by atoms with Crippen LogP contribution in [-0.4, -0.2) is 51.1 Å². The Hall–Kier alpha value is -4.87. The number of aromatic nitrogens is 5. The van der Waals surface area contributed by atoms with Crippen molar-refractivity contribution in [3.63, 3.8) is 0 Å². The van der Waals surface area contributed by atoms with Gasteiger partial charge in [-0.15, -0.1) is 10.2 Å². The van der Waals surface area contributed by atoms with Crippen LogP contribution in [0.5, 0.6) is 17.2 Å². The molecule has 1 aliphatic heterocycles. The fraction of sp³-hybridized carbons (Fsp3) is 0.208. The molecule has 0 radical (unpaired) electrons. The minimum absolute atomic E-state index is 0.0298. The lowest BCUT2D eigenvalue weighted by Gasteiger charge is -2.21. The van der Waals surface area contributed by atoms with Crippen LogP contribution in [0.3, 0.4) is 0 Å². The van der Waals surface area contributed by atoms with E-state index in [9.17, 15) is 4.79 Å². The van der Waals surface area contributed by atoms with Gasteiger partial charge in [0.25, 0.3) is 0 Å². The number of benzene rings is 2. The van der Waals surface area contributed by atoms with Gasteiger partial charge in [-0.05, 0) is 54.1 Å². The largest absolute Gasteiger partial charge is 0.493 e. The second-order valence-corrected chi connectivity index (χ2v) is 7.98. The number of hydrogen-bond acceptors (Lipinski definition) is 9. The highest BCUT2D eigenvalue weighted by molar-refractivity contribution is 5.95. The summed E-state index contributed by atoms with van der Waals surface area (Å²) >= 11 is 0. The Morgan fingerprint density at radius 2 is 2.03 bits per heavy atom. The van der Waals surface area contributed by atoms with Crippen LogP contribution in [0.1, 0.15) is 29.4 Å². The first-order valence-corrected chi connectivity index (χ1v) is 11.2. The molecule has 0 saturated heterocycles. The molecule has 5 rings (SSSR count). The van der Waals surface area contributed by atoms with Crippen molar-refractivity contribution >= 4 is 11.5 Å². The minimum Gasteiger partial charge on any atom is -0.493 e. The molecular weight excluding hydrogens is 464 g/mol. The number of anilines is 1. The van der Waals surface area contributed by atoms with E-state index in [1.807, 2.05) is 12.1 Å². The molecule has 0 bridgehead atoms. The molecule has 184 valence electrons. The Bertz CT molecular complexity index is 1430. The second kappa shape index (κ2) is 9.78. The Balaban J connectivity index is 1.61. The van der Waals surface area contributed by atoms with Gasteiger partial charge in [-0.1, -0.05) is 0 Å². The third-order valence-electron chi connectivity index (χ3n) is 5.58. The first kappa shape index (κ1) is 22.9. The number of fused-ring (bicyclic) bond motifs is 1. The smallest absolute Gasteiger partial charge is 0.349 e. The van der Waals surface area contributed by atoms with E-state index >= 15 is 0 Å². The second-order valence-electron chi connectivity index (χ2n) is 7.98. The van der Waals surface area contributed by atoms with Crippen molar-refractivity contribution in [2.75, 3.05) is 25.6 Å². The number of nitrogen functional groups attached to an aromatic ring is 1. The summed E-state index contributed by atoms with van der Waals surface area (Å²) in [6.45, 7) is 1.02. The van der Waals surface area contributed by atoms with Gasteiger partial charge >= 0.3 is 5.69 Å². The number of amidine groups is 1. The van der Waals surface area contributed by atoms with Gasteiger partial charge in [0.1, 0.15) is 11.9 Å². The number of ether oxygens (including phenoxy) is 3. The maximum Gasteiger partial charge on any atom is 0.349 e. The molecule has 5 N–H and O–H groups in total. The van der Waals surface area contributed by atoms with Crippen LogP contribution < -0.4 is 31.0 Å². The number of nitrogens with zero attached hydrogens (tertiary/aromatic N) is 4. The third-order valence-corrected chi connectivity index (χ3v) is 5.58. The molecule has 0 amide bonds. The lowest BCUT2D eigenvalue weighted by atomic mass is 10.0. The lowest BCUT2D eigenvalue weighted by Crippen LogP contribution is -2.17. The number of aromatic amines is 1. The predicted octanol–water partition coefficient (Wildman–Crippen LogP) is 2.01. The molecule has 12 heteroatoms. The van der Waals surface area contributed by atoms with Crippen molar-refractivity contribution in [2.45, 2.75) is 12.5 Å². The summed E-state index contributed by atoms with van der Waals surface area (Å²) in [5, 5.41) is 23.3. The minimum atomic E-state index is -0.621. The van der Waals surface area contributed by atoms with Gasteiger partial charge in [-0.3, -0.25) is 10.4 Å². The number of hydrogen-bond donors (Lipinski definition) is 4. The average Bonchev–Trinajstić information content (AvgIpc) is 3.12. The monoisotopic (exact) mass is 488 g/mol. The molecule has 1 unspecified atom stereocenters. The molecule has 2 aromatic heterocycles. The van der Waals surface area contributed by atoms with E-state index in [-0.39, 0.29) is 11.7 Å². The zero-order valence-electron chi connectivity index (χ0n) is 19.4. The summed E-state index contributed by atoms with van der Waals surface area (Å²) in [5.74, 6) is 2.15. The zero-order chi connectivity index (χ0) is 25.1. The molecule has 0 fully saturated rings. The van der Waals surface area contributed by atoms with Crippen molar-refractivity contribution in [1.29, 1.82) is 5.41 Å². The van der Waals surface area contributed by atoms with Crippen LogP contribution >= 0.6 is 0 Å². The molecule has 0 aliphatic carbocycles. The van der Waals surface area contributed by atoms with Gasteiger partial charge in [-0.2, -0.15) is 9.78 Å². The summed E-state index contributed by atoms with van der Waals surface area (Å²) in [5.41, 5.74) is 7.14. The summed E-state index contributed by atoms with van der Waals surface area (Å²) in [4.78, 5) is 15.6. The quantitative estimate of drug-likeness (QED) is 0.225. The summed E-state index contributed by atoms with van der Waals surface area (Å²) in [7, 11) is 1.56. The summed E-state index contributed by atoms with van der Waals surface area (Å²) < 4.78 is 18.5. The summed E-state index contributed by atoms with van der Waals surface area (Å²) in [6, 6.07) is 13.4. The van der Waals surface area contributed by atoms with Crippen LogP contribution in [0, 0.1) is 5.41 Å². The molecule has 1 aliphatic rings. The van der Waals surface area contributed by atoms with E-state index in [2.05, 4.69) is 25.6 Å². The first-order valence-electron chi connectivity index (χ1n) is 11.2. The van der Waals surface area contributed by atoms with E-state index in [0.717, 1.165) is 11.1 Å². The molecule has 1 atom stereocenters. The number of methoxy groups -OCH3 is 1. The normalized spacial score (nSPS) is 13.5. The van der Waals surface area contributed by atoms with E-state index in [1.165, 1.54) is 6.20 Å². The lowest BCUT2D eigenvalue weighted by molar-refractivity contribution is 0.289. The van der Waals surface area contributed by atoms with Crippen molar-refractivity contribution in [1.82, 2.24) is 25.0 Å². The Morgan fingerprint density at radius 1 is 1.22 bits per heavy atom. The van der Waals surface area contributed by atoms with Crippen LogP contribution in [0.25, 0.3) is 5.82 Å². The molecule has 2 aromatic carbocycles. The highest BCUT2D eigenvalue weighted by atomic mass is 16.5. The number of H-pyrrole nitrogens is 1. The van der Waals surface area contributed by atoms with Crippen molar-refractivity contribution < 1.29 is 14.2 Å². The zero-order valence-corrected chi connectivity index (χ0v) is 19.4. The number of nitrogens with two attached hydrogens (primary N) is 1. The Kier molecular flexibility index (Phi) is 6.22. The SMILES string of the molecule is COc1cc(C(Nc2ccc(C(=N)N)cc2)c2nn(-c3cccnn3)c(=O)[nH]2)cc2c1OCCCO2. The van der Waals surface area contributed by atoms with Gasteiger partial charge in [0.2, 0.25) is 5.75 Å². The van der Waals surface area contributed by atoms with Gasteiger partial charge in [0, 0.05) is 23.9 Å². The Morgan fingerprint density at radius 3 is 2.75 bits per heavy atom. The first-order chi connectivity index (χ1) is 17.5. The number of nitrogens with one attached hydrogen (secondary N) is 3. The molecular formula is C24H24N8O4. The van der Waals surface area contributed by atoms with E-state index in [1.54, 1.807) is 43.5 Å². The molecule has 12 nitrogen and oxygen atoms in total. The van der Waals surface area contributed by atoms with Crippen LogP contribution in [0.15, 0.2) is 59.5 Å². The van der Waals surface area contributed by atoms with E-state index < -0.39 is 11.7 Å². The number of rotatable bonds is 7. The van der Waals surface area contributed by atoms with Crippen molar-refractivity contribution in [3.8, 4) is 23.1 Å². The fourth-order valence-electron chi connectivity index (χ4n) is 3.83. The van der Waals surface area contributed by atoms with Crippen LogP contribution in [0.2, 0.25) is 0 Å². The maximum absolute atomic E-state index is 12.8. The fourth-order valence-corrected chi connectivity index (χ4v) is 3.83. The molecule has 3 heterocycles. The molecule has 0 spiro atoms.